The topological polar surface area (TPSA) is 0 Å². The monoisotopic (exact) mass is 154 g/mol. The maximum atomic E-state index is 4.15. The predicted molar refractivity (Wildman–Crippen MR) is 44.5 cm³/mol. The Bertz CT molecular complexity index is 36.2. The Morgan fingerprint density at radius 2 is 1.43 bits per heavy atom. The van der Waals surface area contributed by atoms with Gasteiger partial charge in [0.2, 0.25) is 0 Å². The van der Waals surface area contributed by atoms with Gasteiger partial charge in [-0.15, -0.1) is 11.8 Å². The van der Waals surface area contributed by atoms with Crippen molar-refractivity contribution in [2.75, 3.05) is 0 Å². The van der Waals surface area contributed by atoms with Crippen LogP contribution in [0.15, 0.2) is 0 Å². The first-order chi connectivity index (χ1) is 3.13. The fraction of sp³-hybridized carbons (Fsp3) is 1.00. The molecular weight excluding hydrogens is 144 g/mol. The number of thioether (sulfide) groups is 1. The Balaban J connectivity index is 2.95. The van der Waals surface area contributed by atoms with Crippen LogP contribution in [0.5, 0.6) is 0 Å². The molecule has 0 nitrogen and oxygen atoms in total. The highest BCUT2D eigenvalue weighted by Gasteiger charge is 1.97. The number of hydrogen-bond donors (Lipinski definition) is 2. The van der Waals surface area contributed by atoms with E-state index < -0.39 is 0 Å². The van der Waals surface area contributed by atoms with Gasteiger partial charge in [-0.25, -0.2) is 0 Å². The molecule has 2 atom stereocenters. The van der Waals surface area contributed by atoms with Crippen LogP contribution in [0.2, 0.25) is 0 Å². The number of rotatable bonds is 2. The third-order valence-corrected chi connectivity index (χ3v) is 1.91. The summed E-state index contributed by atoms with van der Waals surface area (Å²) >= 11 is 10.0. The first-order valence-electron chi connectivity index (χ1n) is 2.14. The quantitative estimate of drug-likeness (QED) is 0.454. The minimum Gasteiger partial charge on any atom is -0.165 e. The van der Waals surface area contributed by atoms with Gasteiger partial charge in [-0.3, -0.25) is 0 Å². The molecule has 7 heavy (non-hydrogen) atoms. The summed E-state index contributed by atoms with van der Waals surface area (Å²) in [7, 11) is 0. The Morgan fingerprint density at radius 1 is 1.14 bits per heavy atom. The molecule has 0 aromatic carbocycles. The van der Waals surface area contributed by atoms with Gasteiger partial charge in [-0.05, 0) is 13.8 Å². The lowest BCUT2D eigenvalue weighted by Gasteiger charge is -2.04. The van der Waals surface area contributed by atoms with Crippen LogP contribution in [0.3, 0.4) is 0 Å². The summed E-state index contributed by atoms with van der Waals surface area (Å²) in [5.41, 5.74) is 0. The lowest BCUT2D eigenvalue weighted by molar-refractivity contribution is 1.37. The van der Waals surface area contributed by atoms with Crippen LogP contribution in [0.1, 0.15) is 13.8 Å². The predicted octanol–water partition coefficient (Wildman–Crippen LogP) is 2.27. The maximum Gasteiger partial charge on any atom is 0.0455 e. The van der Waals surface area contributed by atoms with Gasteiger partial charge >= 0.3 is 0 Å². The zero-order valence-electron chi connectivity index (χ0n) is 4.46. The van der Waals surface area contributed by atoms with E-state index in [9.17, 15) is 0 Å². The van der Waals surface area contributed by atoms with Crippen molar-refractivity contribution in [2.45, 2.75) is 23.0 Å². The van der Waals surface area contributed by atoms with E-state index in [2.05, 4.69) is 25.3 Å². The molecule has 0 bridgehead atoms. The lowest BCUT2D eigenvalue weighted by Crippen LogP contribution is -1.88. The summed E-state index contributed by atoms with van der Waals surface area (Å²) in [6, 6.07) is 0. The molecule has 0 fully saturated rings. The first-order valence-corrected chi connectivity index (χ1v) is 4.12. The van der Waals surface area contributed by atoms with Crippen molar-refractivity contribution in [1.82, 2.24) is 0 Å². The maximum absolute atomic E-state index is 4.15. The van der Waals surface area contributed by atoms with Gasteiger partial charge in [-0.1, -0.05) is 0 Å². The zero-order chi connectivity index (χ0) is 5.86. The van der Waals surface area contributed by atoms with Crippen molar-refractivity contribution in [3.63, 3.8) is 0 Å². The Kier molecular flexibility index (Phi) is 4.58. The van der Waals surface area contributed by atoms with Crippen LogP contribution < -0.4 is 0 Å². The molecule has 0 radical (unpaired) electrons. The second-order valence-electron chi connectivity index (χ2n) is 1.33. The van der Waals surface area contributed by atoms with Crippen molar-refractivity contribution >= 4 is 37.0 Å². The van der Waals surface area contributed by atoms with Gasteiger partial charge in [0.1, 0.15) is 0 Å². The average Bonchev–Trinajstić information content (AvgIpc) is 1.27. The van der Waals surface area contributed by atoms with E-state index in [1.165, 1.54) is 0 Å². The Morgan fingerprint density at radius 3 is 1.43 bits per heavy atom. The summed E-state index contributed by atoms with van der Waals surface area (Å²) in [6.45, 7) is 4.08. The highest BCUT2D eigenvalue weighted by Crippen LogP contribution is 2.21. The smallest absolute Gasteiger partial charge is 0.0455 e. The highest BCUT2D eigenvalue weighted by molar-refractivity contribution is 8.16. The van der Waals surface area contributed by atoms with Crippen molar-refractivity contribution in [3.05, 3.63) is 0 Å². The van der Waals surface area contributed by atoms with E-state index in [1.54, 1.807) is 11.8 Å². The van der Waals surface area contributed by atoms with Crippen LogP contribution in [0.4, 0.5) is 0 Å². The molecule has 0 rings (SSSR count). The van der Waals surface area contributed by atoms with Crippen LogP contribution in [0, 0.1) is 0 Å². The highest BCUT2D eigenvalue weighted by atomic mass is 32.2. The fourth-order valence-corrected chi connectivity index (χ4v) is 2.24. The minimum absolute atomic E-state index is 0.410. The van der Waals surface area contributed by atoms with Crippen molar-refractivity contribution in [3.8, 4) is 0 Å². The summed E-state index contributed by atoms with van der Waals surface area (Å²) in [5, 5.41) is 0. The molecular formula is C4H10S3. The van der Waals surface area contributed by atoms with Crippen molar-refractivity contribution in [2.24, 2.45) is 0 Å². The molecule has 0 aliphatic carbocycles. The SMILES string of the molecule is CC(S)SC(C)S. The molecule has 0 saturated carbocycles. The Labute approximate surface area is 60.3 Å². The molecule has 0 aromatic rings. The van der Waals surface area contributed by atoms with Crippen LogP contribution >= 0.6 is 37.0 Å². The molecule has 0 spiro atoms. The summed E-state index contributed by atoms with van der Waals surface area (Å²) in [6.07, 6.45) is 0. The van der Waals surface area contributed by atoms with E-state index in [0.717, 1.165) is 0 Å². The normalized spacial score (nSPS) is 18.9. The minimum atomic E-state index is 0.410. The van der Waals surface area contributed by atoms with Crippen LogP contribution in [-0.2, 0) is 0 Å². The molecule has 0 aliphatic rings. The molecule has 0 aromatic heterocycles. The molecule has 2 unspecified atom stereocenters. The molecule has 0 heterocycles. The van der Waals surface area contributed by atoms with E-state index in [-0.39, 0.29) is 0 Å². The van der Waals surface area contributed by atoms with Crippen molar-refractivity contribution < 1.29 is 0 Å². The molecule has 44 valence electrons. The van der Waals surface area contributed by atoms with Gasteiger partial charge in [0.25, 0.3) is 0 Å². The van der Waals surface area contributed by atoms with Crippen LogP contribution in [0.25, 0.3) is 0 Å². The summed E-state index contributed by atoms with van der Waals surface area (Å²) < 4.78 is 0.819. The first kappa shape index (κ1) is 8.05. The van der Waals surface area contributed by atoms with E-state index in [1.807, 2.05) is 13.8 Å². The van der Waals surface area contributed by atoms with Crippen LogP contribution in [-0.4, -0.2) is 9.16 Å². The van der Waals surface area contributed by atoms with E-state index in [0.29, 0.717) is 9.16 Å². The fourth-order valence-electron chi connectivity index (χ4n) is 0.285. The third-order valence-electron chi connectivity index (χ3n) is 0.394. The Hall–Kier alpha value is 1.05. The van der Waals surface area contributed by atoms with Crippen molar-refractivity contribution in [1.29, 1.82) is 0 Å². The lowest BCUT2D eigenvalue weighted by atomic mass is 10.9. The second kappa shape index (κ2) is 3.98. The molecule has 0 aliphatic heterocycles. The molecule has 3 heteroatoms. The third kappa shape index (κ3) is 7.05. The van der Waals surface area contributed by atoms with Gasteiger partial charge in [0.05, 0.1) is 0 Å². The molecule has 0 amide bonds. The largest absolute Gasteiger partial charge is 0.165 e. The van der Waals surface area contributed by atoms with E-state index in [4.69, 9.17) is 0 Å². The standard InChI is InChI=1S/C4H10S3/c1-3(5)7-4(2)6/h3-6H,1-2H3. The second-order valence-corrected chi connectivity index (χ2v) is 5.27. The van der Waals surface area contributed by atoms with Gasteiger partial charge in [0, 0.05) is 9.16 Å². The van der Waals surface area contributed by atoms with Gasteiger partial charge in [0.15, 0.2) is 0 Å². The zero-order valence-corrected chi connectivity index (χ0v) is 7.06. The summed E-state index contributed by atoms with van der Waals surface area (Å²) in [5.74, 6) is 0. The molecule has 0 N–H and O–H groups in total. The summed E-state index contributed by atoms with van der Waals surface area (Å²) in [4.78, 5) is 0. The number of hydrogen-bond acceptors (Lipinski definition) is 3. The average molecular weight is 154 g/mol. The van der Waals surface area contributed by atoms with E-state index >= 15 is 0 Å². The van der Waals surface area contributed by atoms with Gasteiger partial charge in [-0.2, -0.15) is 25.3 Å². The molecule has 0 saturated heterocycles. The number of thiol groups is 2. The van der Waals surface area contributed by atoms with Gasteiger partial charge < -0.3 is 0 Å².